The van der Waals surface area contributed by atoms with Gasteiger partial charge in [0.25, 0.3) is 0 Å². The molecule has 110 valence electrons. The highest BCUT2D eigenvalue weighted by Gasteiger charge is 2.43. The van der Waals surface area contributed by atoms with Crippen molar-refractivity contribution in [3.63, 3.8) is 0 Å². The highest BCUT2D eigenvalue weighted by atomic mass is 32.2. The molecular weight excluding hydrogens is 284 g/mol. The molecule has 0 aromatic rings. The first kappa shape index (κ1) is 16.4. The quantitative estimate of drug-likeness (QED) is 0.757. The molecule has 1 rings (SSSR count). The molecule has 5 nitrogen and oxygen atoms in total. The van der Waals surface area contributed by atoms with Crippen molar-refractivity contribution in [2.45, 2.75) is 32.1 Å². The lowest BCUT2D eigenvalue weighted by Crippen LogP contribution is -2.51. The molecule has 2 N–H and O–H groups in total. The largest absolute Gasteiger partial charge is 0.392 e. The van der Waals surface area contributed by atoms with E-state index in [1.165, 1.54) is 4.90 Å². The lowest BCUT2D eigenvalue weighted by Gasteiger charge is -2.37. The first-order valence-electron chi connectivity index (χ1n) is 6.42. The Morgan fingerprint density at radius 2 is 1.84 bits per heavy atom. The third-order valence-electron chi connectivity index (χ3n) is 3.73. The molecule has 0 aromatic carbocycles. The molecule has 0 aromatic heterocycles. The van der Waals surface area contributed by atoms with E-state index in [-0.39, 0.29) is 23.2 Å². The Bertz CT molecular complexity index is 454. The van der Waals surface area contributed by atoms with Gasteiger partial charge >= 0.3 is 0 Å². The standard InChI is InChI=1S/C12H22N2O3S2/c1-14(8-9-19(2,16)17)11(15)12(10(13)18)6-4-3-5-7-12/h3-9H2,1-2H3,(H2,13,18). The fourth-order valence-corrected chi connectivity index (χ4v) is 3.39. The van der Waals surface area contributed by atoms with Gasteiger partial charge in [-0.2, -0.15) is 0 Å². The van der Waals surface area contributed by atoms with Crippen LogP contribution in [-0.4, -0.2) is 49.8 Å². The van der Waals surface area contributed by atoms with Gasteiger partial charge in [-0.15, -0.1) is 0 Å². The van der Waals surface area contributed by atoms with Crippen molar-refractivity contribution < 1.29 is 13.2 Å². The minimum absolute atomic E-state index is 0.0390. The summed E-state index contributed by atoms with van der Waals surface area (Å²) in [6.07, 6.45) is 5.46. The molecule has 1 saturated carbocycles. The van der Waals surface area contributed by atoms with Gasteiger partial charge in [-0.3, -0.25) is 4.79 Å². The molecule has 0 aliphatic heterocycles. The smallest absolute Gasteiger partial charge is 0.235 e. The second-order valence-corrected chi connectivity index (χ2v) is 8.06. The van der Waals surface area contributed by atoms with Gasteiger partial charge < -0.3 is 10.6 Å². The molecule has 19 heavy (non-hydrogen) atoms. The lowest BCUT2D eigenvalue weighted by atomic mass is 9.73. The zero-order chi connectivity index (χ0) is 14.7. The van der Waals surface area contributed by atoms with E-state index in [9.17, 15) is 13.2 Å². The second kappa shape index (κ2) is 6.17. The number of carbonyl (C=O) groups is 1. The molecule has 1 fully saturated rings. The number of sulfone groups is 1. The van der Waals surface area contributed by atoms with Gasteiger partial charge in [0.05, 0.1) is 16.2 Å². The van der Waals surface area contributed by atoms with Crippen molar-refractivity contribution in [3.05, 3.63) is 0 Å². The molecule has 0 spiro atoms. The van der Waals surface area contributed by atoms with Crippen molar-refractivity contribution >= 4 is 33.0 Å². The Labute approximate surface area is 120 Å². The molecule has 0 atom stereocenters. The van der Waals surface area contributed by atoms with Crippen molar-refractivity contribution in [3.8, 4) is 0 Å². The van der Waals surface area contributed by atoms with Crippen LogP contribution in [0, 0.1) is 5.41 Å². The van der Waals surface area contributed by atoms with Crippen LogP contribution in [0.25, 0.3) is 0 Å². The minimum atomic E-state index is -3.08. The summed E-state index contributed by atoms with van der Waals surface area (Å²) in [5.41, 5.74) is 5.02. The maximum Gasteiger partial charge on any atom is 0.235 e. The SMILES string of the molecule is CN(CCS(C)(=O)=O)C(=O)C1(C(N)=S)CCCCC1. The average molecular weight is 306 g/mol. The number of hydrogen-bond acceptors (Lipinski definition) is 4. The summed E-state index contributed by atoms with van der Waals surface area (Å²) in [4.78, 5) is 14.2. The van der Waals surface area contributed by atoms with Crippen LogP contribution in [-0.2, 0) is 14.6 Å². The van der Waals surface area contributed by atoms with Crippen LogP contribution in [0.3, 0.4) is 0 Å². The van der Waals surface area contributed by atoms with E-state index in [1.807, 2.05) is 0 Å². The van der Waals surface area contributed by atoms with Crippen LogP contribution in [0.15, 0.2) is 0 Å². The maximum absolute atomic E-state index is 12.5. The van der Waals surface area contributed by atoms with Crippen LogP contribution in [0.5, 0.6) is 0 Å². The van der Waals surface area contributed by atoms with Crippen molar-refractivity contribution in [1.82, 2.24) is 4.90 Å². The summed E-state index contributed by atoms with van der Waals surface area (Å²) in [5, 5.41) is 0. The van der Waals surface area contributed by atoms with Gasteiger partial charge in [0, 0.05) is 19.8 Å². The summed E-state index contributed by atoms with van der Waals surface area (Å²) in [6.45, 7) is 0.183. The van der Waals surface area contributed by atoms with E-state index in [4.69, 9.17) is 18.0 Å². The summed E-state index contributed by atoms with van der Waals surface area (Å²) < 4.78 is 22.3. The monoisotopic (exact) mass is 306 g/mol. The molecule has 1 aliphatic carbocycles. The Morgan fingerprint density at radius 1 is 1.32 bits per heavy atom. The van der Waals surface area contributed by atoms with Crippen molar-refractivity contribution in [2.24, 2.45) is 11.1 Å². The topological polar surface area (TPSA) is 80.5 Å². The molecule has 1 amide bonds. The number of amides is 1. The van der Waals surface area contributed by atoms with Gasteiger partial charge in [-0.1, -0.05) is 31.5 Å². The Morgan fingerprint density at radius 3 is 2.26 bits per heavy atom. The van der Waals surface area contributed by atoms with Crippen LogP contribution in [0.1, 0.15) is 32.1 Å². The number of nitrogens with two attached hydrogens (primary N) is 1. The molecule has 0 saturated heterocycles. The van der Waals surface area contributed by atoms with E-state index in [2.05, 4.69) is 0 Å². The predicted octanol–water partition coefficient (Wildman–Crippen LogP) is 0.726. The Hall–Kier alpha value is -0.690. The fraction of sp³-hybridized carbons (Fsp3) is 0.833. The molecule has 0 bridgehead atoms. The van der Waals surface area contributed by atoms with E-state index in [0.717, 1.165) is 25.5 Å². The summed E-state index contributed by atoms with van der Waals surface area (Å²) in [7, 11) is -1.47. The van der Waals surface area contributed by atoms with Gasteiger partial charge in [-0.05, 0) is 12.8 Å². The summed E-state index contributed by atoms with van der Waals surface area (Å²) >= 11 is 5.09. The number of rotatable bonds is 5. The first-order valence-corrected chi connectivity index (χ1v) is 8.89. The van der Waals surface area contributed by atoms with Gasteiger partial charge in [-0.25, -0.2) is 8.42 Å². The molecule has 7 heteroatoms. The van der Waals surface area contributed by atoms with Crippen LogP contribution < -0.4 is 5.73 Å². The Balaban J connectivity index is 2.80. The van der Waals surface area contributed by atoms with Crippen molar-refractivity contribution in [1.29, 1.82) is 0 Å². The third-order valence-corrected chi connectivity index (χ3v) is 5.05. The predicted molar refractivity (Wildman–Crippen MR) is 79.7 cm³/mol. The number of hydrogen-bond donors (Lipinski definition) is 1. The van der Waals surface area contributed by atoms with Gasteiger partial charge in [0.1, 0.15) is 9.84 Å². The zero-order valence-corrected chi connectivity index (χ0v) is 13.1. The Kier molecular flexibility index (Phi) is 5.32. The fourth-order valence-electron chi connectivity index (χ4n) is 2.49. The highest BCUT2D eigenvalue weighted by Crippen LogP contribution is 2.38. The van der Waals surface area contributed by atoms with Crippen LogP contribution >= 0.6 is 12.2 Å². The number of thiocarbonyl (C=S) groups is 1. The molecule has 0 radical (unpaired) electrons. The molecule has 0 unspecified atom stereocenters. The highest BCUT2D eigenvalue weighted by molar-refractivity contribution is 7.90. The zero-order valence-electron chi connectivity index (χ0n) is 11.5. The first-order chi connectivity index (χ1) is 8.69. The average Bonchev–Trinajstić information content (AvgIpc) is 2.34. The van der Waals surface area contributed by atoms with E-state index in [1.54, 1.807) is 7.05 Å². The summed E-state index contributed by atoms with van der Waals surface area (Å²) in [5.74, 6) is -0.175. The summed E-state index contributed by atoms with van der Waals surface area (Å²) in [6, 6.07) is 0. The second-order valence-electron chi connectivity index (χ2n) is 5.36. The molecule has 0 heterocycles. The van der Waals surface area contributed by atoms with Crippen LogP contribution in [0.4, 0.5) is 0 Å². The van der Waals surface area contributed by atoms with Crippen LogP contribution in [0.2, 0.25) is 0 Å². The van der Waals surface area contributed by atoms with E-state index >= 15 is 0 Å². The van der Waals surface area contributed by atoms with E-state index in [0.29, 0.717) is 12.8 Å². The van der Waals surface area contributed by atoms with E-state index < -0.39 is 15.3 Å². The molecule has 1 aliphatic rings. The normalized spacial score (nSPS) is 18.8. The molecular formula is C12H22N2O3S2. The lowest BCUT2D eigenvalue weighted by molar-refractivity contribution is -0.138. The number of carbonyl (C=O) groups excluding carboxylic acids is 1. The minimum Gasteiger partial charge on any atom is -0.392 e. The number of nitrogens with zero attached hydrogens (tertiary/aromatic N) is 1. The maximum atomic E-state index is 12.5. The van der Waals surface area contributed by atoms with Gasteiger partial charge in [0.2, 0.25) is 5.91 Å². The van der Waals surface area contributed by atoms with Crippen molar-refractivity contribution in [2.75, 3.05) is 25.6 Å². The third kappa shape index (κ3) is 4.14. The van der Waals surface area contributed by atoms with Gasteiger partial charge in [0.15, 0.2) is 0 Å².